The number of aromatic hydroxyl groups is 1. The van der Waals surface area contributed by atoms with Crippen LogP contribution in [0.3, 0.4) is 0 Å². The topological polar surface area (TPSA) is 58.6 Å². The number of phenolic OH excluding ortho intramolecular Hbond substituents is 1. The molecule has 0 saturated carbocycles. The van der Waals surface area contributed by atoms with Gasteiger partial charge in [0, 0.05) is 11.6 Å². The maximum absolute atomic E-state index is 11.6. The van der Waals surface area contributed by atoms with Gasteiger partial charge in [0.1, 0.15) is 11.5 Å². The summed E-state index contributed by atoms with van der Waals surface area (Å²) in [7, 11) is 0. The largest absolute Gasteiger partial charge is 0.508 e. The predicted molar refractivity (Wildman–Crippen MR) is 76.9 cm³/mol. The molecule has 5 heteroatoms. The lowest BCUT2D eigenvalue weighted by molar-refractivity contribution is -0.123. The van der Waals surface area contributed by atoms with Crippen LogP contribution in [0.25, 0.3) is 0 Å². The van der Waals surface area contributed by atoms with Gasteiger partial charge in [0.15, 0.2) is 6.61 Å². The maximum Gasteiger partial charge on any atom is 0.258 e. The summed E-state index contributed by atoms with van der Waals surface area (Å²) in [5.74, 6) is 0.477. The number of ether oxygens (including phenoxy) is 1. The smallest absolute Gasteiger partial charge is 0.258 e. The van der Waals surface area contributed by atoms with Crippen molar-refractivity contribution in [2.24, 2.45) is 0 Å². The van der Waals surface area contributed by atoms with Crippen LogP contribution in [0.2, 0.25) is 5.02 Å². The summed E-state index contributed by atoms with van der Waals surface area (Å²) >= 11 is 5.81. The number of rotatable bonds is 5. The van der Waals surface area contributed by atoms with E-state index >= 15 is 0 Å². The molecule has 0 spiro atoms. The number of phenols is 1. The van der Waals surface area contributed by atoms with E-state index in [0.717, 1.165) is 5.56 Å². The summed E-state index contributed by atoms with van der Waals surface area (Å²) in [5.41, 5.74) is 0.820. The first-order valence-electron chi connectivity index (χ1n) is 6.06. The third-order valence-corrected chi connectivity index (χ3v) is 2.80. The minimum Gasteiger partial charge on any atom is -0.508 e. The van der Waals surface area contributed by atoms with Crippen LogP contribution in [-0.4, -0.2) is 17.6 Å². The van der Waals surface area contributed by atoms with E-state index in [1.54, 1.807) is 42.5 Å². The molecule has 0 fully saturated rings. The molecule has 104 valence electrons. The summed E-state index contributed by atoms with van der Waals surface area (Å²) in [5, 5.41) is 12.6. The Hall–Kier alpha value is -2.20. The van der Waals surface area contributed by atoms with Gasteiger partial charge in [0.05, 0.1) is 0 Å². The molecule has 0 saturated heterocycles. The van der Waals surface area contributed by atoms with Gasteiger partial charge in [-0.25, -0.2) is 0 Å². The summed E-state index contributed by atoms with van der Waals surface area (Å²) in [6.45, 7) is 0.255. The predicted octanol–water partition coefficient (Wildman–Crippen LogP) is 2.74. The van der Waals surface area contributed by atoms with Crippen LogP contribution in [-0.2, 0) is 11.3 Å². The molecule has 4 nitrogen and oxygen atoms in total. The van der Waals surface area contributed by atoms with Crippen molar-refractivity contribution in [1.82, 2.24) is 5.32 Å². The Bertz CT molecular complexity index is 550. The van der Waals surface area contributed by atoms with Crippen molar-refractivity contribution >= 4 is 17.5 Å². The van der Waals surface area contributed by atoms with Crippen LogP contribution >= 0.6 is 11.6 Å². The number of amides is 1. The van der Waals surface area contributed by atoms with E-state index in [0.29, 0.717) is 17.3 Å². The highest BCUT2D eigenvalue weighted by Gasteiger charge is 2.03. The van der Waals surface area contributed by atoms with Crippen molar-refractivity contribution in [1.29, 1.82) is 0 Å². The molecule has 2 aromatic rings. The number of carbonyl (C=O) groups is 1. The second-order valence-electron chi connectivity index (χ2n) is 4.19. The number of nitrogens with one attached hydrogen (secondary N) is 1. The third kappa shape index (κ3) is 4.48. The second-order valence-corrected chi connectivity index (χ2v) is 4.63. The maximum atomic E-state index is 11.6. The van der Waals surface area contributed by atoms with Crippen molar-refractivity contribution in [2.45, 2.75) is 6.54 Å². The average Bonchev–Trinajstić information content (AvgIpc) is 2.43. The molecule has 2 aromatic carbocycles. The van der Waals surface area contributed by atoms with Crippen LogP contribution < -0.4 is 10.1 Å². The van der Waals surface area contributed by atoms with E-state index in [-0.39, 0.29) is 18.3 Å². The molecule has 0 aromatic heterocycles. The van der Waals surface area contributed by atoms with Gasteiger partial charge in [-0.2, -0.15) is 0 Å². The molecule has 0 bridgehead atoms. The van der Waals surface area contributed by atoms with Gasteiger partial charge in [0.2, 0.25) is 0 Å². The Balaban J connectivity index is 1.78. The average molecular weight is 292 g/mol. The van der Waals surface area contributed by atoms with E-state index in [9.17, 15) is 9.90 Å². The van der Waals surface area contributed by atoms with E-state index in [1.165, 1.54) is 0 Å². The molecular formula is C15H14ClNO3. The van der Waals surface area contributed by atoms with Crippen LogP contribution in [0.1, 0.15) is 5.56 Å². The first-order chi connectivity index (χ1) is 9.63. The molecule has 0 atom stereocenters. The summed E-state index contributed by atoms with van der Waals surface area (Å²) in [6, 6.07) is 13.6. The number of hydrogen-bond donors (Lipinski definition) is 2. The van der Waals surface area contributed by atoms with E-state index in [1.807, 2.05) is 6.07 Å². The Morgan fingerprint density at radius 2 is 2.00 bits per heavy atom. The molecular weight excluding hydrogens is 278 g/mol. The summed E-state index contributed by atoms with van der Waals surface area (Å²) < 4.78 is 5.31. The van der Waals surface area contributed by atoms with Crippen LogP contribution in [0.5, 0.6) is 11.5 Å². The van der Waals surface area contributed by atoms with Crippen LogP contribution in [0.4, 0.5) is 0 Å². The first kappa shape index (κ1) is 14.2. The Morgan fingerprint density at radius 3 is 2.75 bits per heavy atom. The van der Waals surface area contributed by atoms with Crippen LogP contribution in [0, 0.1) is 0 Å². The molecule has 0 heterocycles. The third-order valence-electron chi connectivity index (χ3n) is 2.57. The fourth-order valence-corrected chi connectivity index (χ4v) is 1.80. The molecule has 0 aliphatic heterocycles. The van der Waals surface area contributed by atoms with Crippen molar-refractivity contribution < 1.29 is 14.6 Å². The zero-order valence-corrected chi connectivity index (χ0v) is 11.4. The van der Waals surface area contributed by atoms with Gasteiger partial charge < -0.3 is 15.2 Å². The molecule has 0 radical (unpaired) electrons. The number of hydrogen-bond acceptors (Lipinski definition) is 3. The minimum absolute atomic E-state index is 0.0842. The van der Waals surface area contributed by atoms with E-state index in [4.69, 9.17) is 16.3 Å². The van der Waals surface area contributed by atoms with Gasteiger partial charge in [0.25, 0.3) is 5.91 Å². The van der Waals surface area contributed by atoms with Crippen molar-refractivity contribution in [2.75, 3.05) is 6.61 Å². The second kappa shape index (κ2) is 6.82. The Labute approximate surface area is 122 Å². The zero-order valence-electron chi connectivity index (χ0n) is 10.7. The summed E-state index contributed by atoms with van der Waals surface area (Å²) in [4.78, 5) is 11.6. The summed E-state index contributed by atoms with van der Waals surface area (Å²) in [6.07, 6.45) is 0. The highest BCUT2D eigenvalue weighted by Crippen LogP contribution is 2.16. The zero-order chi connectivity index (χ0) is 14.4. The minimum atomic E-state index is -0.242. The first-order valence-corrected chi connectivity index (χ1v) is 6.44. The van der Waals surface area contributed by atoms with Crippen molar-refractivity contribution in [3.63, 3.8) is 0 Å². The van der Waals surface area contributed by atoms with Crippen molar-refractivity contribution in [3.05, 3.63) is 59.1 Å². The standard InChI is InChI=1S/C15H14ClNO3/c16-12-4-2-6-14(8-12)20-10-15(19)17-9-11-3-1-5-13(18)7-11/h1-8,18H,9-10H2,(H,17,19). The molecule has 0 aliphatic carbocycles. The van der Waals surface area contributed by atoms with E-state index < -0.39 is 0 Å². The normalized spacial score (nSPS) is 10.1. The van der Waals surface area contributed by atoms with Crippen molar-refractivity contribution in [3.8, 4) is 11.5 Å². The molecule has 1 amide bonds. The SMILES string of the molecule is O=C(COc1cccc(Cl)c1)NCc1cccc(O)c1. The highest BCUT2D eigenvalue weighted by molar-refractivity contribution is 6.30. The number of carbonyl (C=O) groups excluding carboxylic acids is 1. The van der Waals surface area contributed by atoms with Gasteiger partial charge in [-0.1, -0.05) is 29.8 Å². The number of benzene rings is 2. The van der Waals surface area contributed by atoms with Crippen LogP contribution in [0.15, 0.2) is 48.5 Å². The molecule has 0 aliphatic rings. The lowest BCUT2D eigenvalue weighted by Crippen LogP contribution is -2.28. The molecule has 2 N–H and O–H groups in total. The Kier molecular flexibility index (Phi) is 4.85. The van der Waals surface area contributed by atoms with Gasteiger partial charge >= 0.3 is 0 Å². The molecule has 20 heavy (non-hydrogen) atoms. The van der Waals surface area contributed by atoms with Gasteiger partial charge in [-0.15, -0.1) is 0 Å². The molecule has 0 unspecified atom stereocenters. The fraction of sp³-hybridized carbons (Fsp3) is 0.133. The van der Waals surface area contributed by atoms with Gasteiger partial charge in [-0.3, -0.25) is 4.79 Å². The molecule has 2 rings (SSSR count). The lowest BCUT2D eigenvalue weighted by Gasteiger charge is -2.08. The quantitative estimate of drug-likeness (QED) is 0.890. The van der Waals surface area contributed by atoms with E-state index in [2.05, 4.69) is 5.32 Å². The fourth-order valence-electron chi connectivity index (χ4n) is 1.62. The van der Waals surface area contributed by atoms with Gasteiger partial charge in [-0.05, 0) is 35.9 Å². The lowest BCUT2D eigenvalue weighted by atomic mass is 10.2. The monoisotopic (exact) mass is 291 g/mol. The number of halogens is 1. The Morgan fingerprint density at radius 1 is 1.20 bits per heavy atom. The highest BCUT2D eigenvalue weighted by atomic mass is 35.5.